The first-order chi connectivity index (χ1) is 9.29. The molecule has 2 aromatic rings. The number of halogens is 1. The first-order valence-corrected chi connectivity index (χ1v) is 6.97. The molecule has 0 saturated carbocycles. The van der Waals surface area contributed by atoms with Crippen molar-refractivity contribution in [2.24, 2.45) is 0 Å². The third-order valence-corrected chi connectivity index (χ3v) is 3.22. The first kappa shape index (κ1) is 14.0. The van der Waals surface area contributed by atoms with Crippen LogP contribution in [0.1, 0.15) is 24.6 Å². The molecule has 0 aliphatic carbocycles. The lowest BCUT2D eigenvalue weighted by atomic mass is 10.2. The van der Waals surface area contributed by atoms with Crippen molar-refractivity contribution in [2.45, 2.75) is 26.3 Å². The fraction of sp³-hybridized carbons (Fsp3) is 0.429. The number of hydrogen-bond acceptors (Lipinski definition) is 3. The van der Waals surface area contributed by atoms with Gasteiger partial charge in [0.05, 0.1) is 23.6 Å². The molecule has 4 nitrogen and oxygen atoms in total. The van der Waals surface area contributed by atoms with Gasteiger partial charge in [0.15, 0.2) is 0 Å². The zero-order chi connectivity index (χ0) is 13.5. The van der Waals surface area contributed by atoms with Gasteiger partial charge >= 0.3 is 0 Å². The van der Waals surface area contributed by atoms with Crippen molar-refractivity contribution in [3.63, 3.8) is 0 Å². The van der Waals surface area contributed by atoms with Gasteiger partial charge in [-0.3, -0.25) is 4.98 Å². The van der Waals surface area contributed by atoms with Gasteiger partial charge in [0.2, 0.25) is 0 Å². The smallest absolute Gasteiger partial charge is 0.0952 e. The van der Waals surface area contributed by atoms with Gasteiger partial charge in [-0.15, -0.1) is 0 Å². The van der Waals surface area contributed by atoms with Crippen LogP contribution in [0.25, 0.3) is 0 Å². The molecule has 0 atom stereocenters. The molecule has 0 bridgehead atoms. The second-order valence-corrected chi connectivity index (χ2v) is 4.91. The Morgan fingerprint density at radius 3 is 3.05 bits per heavy atom. The van der Waals surface area contributed by atoms with Gasteiger partial charge in [-0.2, -0.15) is 0 Å². The van der Waals surface area contributed by atoms with Crippen LogP contribution in [-0.2, 0) is 13.0 Å². The average Bonchev–Trinajstić information content (AvgIpc) is 2.85. The summed E-state index contributed by atoms with van der Waals surface area (Å²) in [4.78, 5) is 8.39. The molecule has 0 aliphatic rings. The maximum absolute atomic E-state index is 6.09. The molecular formula is C14H19ClN4. The van der Waals surface area contributed by atoms with Gasteiger partial charge in [0.25, 0.3) is 0 Å². The fourth-order valence-corrected chi connectivity index (χ4v) is 2.05. The van der Waals surface area contributed by atoms with Crippen LogP contribution in [0.3, 0.4) is 0 Å². The predicted octanol–water partition coefficient (Wildman–Crippen LogP) is 2.52. The summed E-state index contributed by atoms with van der Waals surface area (Å²) in [5.74, 6) is 0. The molecule has 5 heteroatoms. The largest absolute Gasteiger partial charge is 0.333 e. The summed E-state index contributed by atoms with van der Waals surface area (Å²) in [7, 11) is 0. The van der Waals surface area contributed by atoms with Crippen LogP contribution >= 0.6 is 11.6 Å². The molecule has 0 aliphatic heterocycles. The second kappa shape index (κ2) is 7.26. The Morgan fingerprint density at radius 2 is 2.26 bits per heavy atom. The highest BCUT2D eigenvalue weighted by molar-refractivity contribution is 6.31. The van der Waals surface area contributed by atoms with Gasteiger partial charge in [0, 0.05) is 31.6 Å². The maximum Gasteiger partial charge on any atom is 0.0952 e. The van der Waals surface area contributed by atoms with Gasteiger partial charge in [-0.25, -0.2) is 4.98 Å². The van der Waals surface area contributed by atoms with Gasteiger partial charge in [-0.1, -0.05) is 18.5 Å². The number of imidazole rings is 1. The summed E-state index contributed by atoms with van der Waals surface area (Å²) in [6.45, 7) is 4.94. The summed E-state index contributed by atoms with van der Waals surface area (Å²) in [6, 6.07) is 1.94. The van der Waals surface area contributed by atoms with E-state index < -0.39 is 0 Å². The summed E-state index contributed by atoms with van der Waals surface area (Å²) < 4.78 is 2.05. The van der Waals surface area contributed by atoms with E-state index in [4.69, 9.17) is 11.6 Å². The van der Waals surface area contributed by atoms with E-state index in [2.05, 4.69) is 33.0 Å². The number of pyridine rings is 1. The molecule has 19 heavy (non-hydrogen) atoms. The van der Waals surface area contributed by atoms with Crippen molar-refractivity contribution in [3.8, 4) is 0 Å². The van der Waals surface area contributed by atoms with Gasteiger partial charge < -0.3 is 9.88 Å². The zero-order valence-corrected chi connectivity index (χ0v) is 11.9. The maximum atomic E-state index is 6.09. The van der Waals surface area contributed by atoms with Crippen LogP contribution in [0.15, 0.2) is 31.0 Å². The van der Waals surface area contributed by atoms with Crippen molar-refractivity contribution in [1.29, 1.82) is 0 Å². The minimum Gasteiger partial charge on any atom is -0.333 e. The van der Waals surface area contributed by atoms with Gasteiger partial charge in [-0.05, 0) is 24.6 Å². The lowest BCUT2D eigenvalue weighted by molar-refractivity contribution is 0.666. The summed E-state index contributed by atoms with van der Waals surface area (Å²) in [5.41, 5.74) is 2.17. The summed E-state index contributed by atoms with van der Waals surface area (Å²) in [6.07, 6.45) is 9.47. The Kier molecular flexibility index (Phi) is 5.36. The number of rotatable bonds is 7. The quantitative estimate of drug-likeness (QED) is 0.792. The standard InChI is InChI=1S/C14H19ClN4/c1-2-5-16-7-4-13-10-19(11-18-13)9-12-3-6-17-8-14(12)15/h3,6,8,10-11,16H,2,4-5,7,9H2,1H3. The predicted molar refractivity (Wildman–Crippen MR) is 77.4 cm³/mol. The van der Waals surface area contributed by atoms with Crippen molar-refractivity contribution >= 4 is 11.6 Å². The topological polar surface area (TPSA) is 42.7 Å². The third kappa shape index (κ3) is 4.33. The normalized spacial score (nSPS) is 10.8. The minimum atomic E-state index is 0.697. The van der Waals surface area contributed by atoms with E-state index in [0.29, 0.717) is 5.02 Å². The van der Waals surface area contributed by atoms with E-state index in [9.17, 15) is 0 Å². The number of aromatic nitrogens is 3. The fourth-order valence-electron chi connectivity index (χ4n) is 1.87. The van der Waals surface area contributed by atoms with Gasteiger partial charge in [0.1, 0.15) is 0 Å². The van der Waals surface area contributed by atoms with E-state index in [0.717, 1.165) is 43.7 Å². The number of nitrogens with one attached hydrogen (secondary N) is 1. The Bertz CT molecular complexity index is 510. The van der Waals surface area contributed by atoms with E-state index in [-0.39, 0.29) is 0 Å². The first-order valence-electron chi connectivity index (χ1n) is 6.59. The highest BCUT2D eigenvalue weighted by Gasteiger charge is 2.03. The minimum absolute atomic E-state index is 0.697. The molecule has 0 amide bonds. The molecular weight excluding hydrogens is 260 g/mol. The Morgan fingerprint density at radius 1 is 1.37 bits per heavy atom. The molecule has 2 rings (SSSR count). The Balaban J connectivity index is 1.89. The third-order valence-electron chi connectivity index (χ3n) is 2.88. The van der Waals surface area contributed by atoms with E-state index >= 15 is 0 Å². The molecule has 0 unspecified atom stereocenters. The molecule has 0 aromatic carbocycles. The molecule has 2 aromatic heterocycles. The SMILES string of the molecule is CCCNCCc1cn(Cc2ccncc2Cl)cn1. The Hall–Kier alpha value is -1.39. The Labute approximate surface area is 118 Å². The highest BCUT2D eigenvalue weighted by atomic mass is 35.5. The van der Waals surface area contributed by atoms with Crippen molar-refractivity contribution < 1.29 is 0 Å². The van der Waals surface area contributed by atoms with Crippen molar-refractivity contribution in [2.75, 3.05) is 13.1 Å². The zero-order valence-electron chi connectivity index (χ0n) is 11.1. The monoisotopic (exact) mass is 278 g/mol. The molecule has 102 valence electrons. The lowest BCUT2D eigenvalue weighted by Gasteiger charge is -2.04. The van der Waals surface area contributed by atoms with Crippen LogP contribution in [-0.4, -0.2) is 27.6 Å². The molecule has 0 spiro atoms. The number of hydrogen-bond donors (Lipinski definition) is 1. The molecule has 0 fully saturated rings. The second-order valence-electron chi connectivity index (χ2n) is 4.50. The van der Waals surface area contributed by atoms with Crippen LogP contribution < -0.4 is 5.32 Å². The van der Waals surface area contributed by atoms with Crippen molar-refractivity contribution in [3.05, 3.63) is 47.3 Å². The van der Waals surface area contributed by atoms with Crippen LogP contribution in [0.5, 0.6) is 0 Å². The summed E-state index contributed by atoms with van der Waals surface area (Å²) in [5, 5.41) is 4.07. The van der Waals surface area contributed by atoms with Crippen LogP contribution in [0.4, 0.5) is 0 Å². The molecule has 0 radical (unpaired) electrons. The average molecular weight is 279 g/mol. The van der Waals surface area contributed by atoms with E-state index in [1.165, 1.54) is 0 Å². The van der Waals surface area contributed by atoms with E-state index in [1.54, 1.807) is 12.4 Å². The van der Waals surface area contributed by atoms with E-state index in [1.807, 2.05) is 12.4 Å². The van der Waals surface area contributed by atoms with Crippen molar-refractivity contribution in [1.82, 2.24) is 19.9 Å². The molecule has 1 N–H and O–H groups in total. The lowest BCUT2D eigenvalue weighted by Crippen LogP contribution is -2.17. The molecule has 2 heterocycles. The number of nitrogens with zero attached hydrogens (tertiary/aromatic N) is 3. The molecule has 0 saturated heterocycles. The van der Waals surface area contributed by atoms with Crippen LogP contribution in [0, 0.1) is 0 Å². The highest BCUT2D eigenvalue weighted by Crippen LogP contribution is 2.14. The van der Waals surface area contributed by atoms with Crippen LogP contribution in [0.2, 0.25) is 5.02 Å². The summed E-state index contributed by atoms with van der Waals surface area (Å²) >= 11 is 6.09.